The predicted molar refractivity (Wildman–Crippen MR) is 68.5 cm³/mol. The normalized spacial score (nSPS) is 12.2. The van der Waals surface area contributed by atoms with Crippen LogP contribution >= 0.6 is 0 Å². The number of benzene rings is 1. The maximum absolute atomic E-state index is 9.05. The standard InChI is InChI=1S/C13H20N2O/c1-3-8-15(9-10-16)13-7-5-4-6-12(13)11(2)14/h3-7,11,16H,1,8-10,14H2,2H3/t11-/m1/s1. The van der Waals surface area contributed by atoms with Gasteiger partial charge in [0.2, 0.25) is 0 Å². The Labute approximate surface area is 97.2 Å². The number of hydrogen-bond acceptors (Lipinski definition) is 3. The van der Waals surface area contributed by atoms with E-state index < -0.39 is 0 Å². The zero-order valence-corrected chi connectivity index (χ0v) is 9.76. The van der Waals surface area contributed by atoms with Crippen LogP contribution < -0.4 is 10.6 Å². The molecule has 0 heterocycles. The molecule has 1 aromatic carbocycles. The van der Waals surface area contributed by atoms with E-state index in [9.17, 15) is 0 Å². The van der Waals surface area contributed by atoms with Crippen LogP contribution in [0.3, 0.4) is 0 Å². The van der Waals surface area contributed by atoms with Gasteiger partial charge in [-0.05, 0) is 18.6 Å². The lowest BCUT2D eigenvalue weighted by Gasteiger charge is -2.26. The van der Waals surface area contributed by atoms with E-state index in [1.807, 2.05) is 37.3 Å². The molecule has 3 heteroatoms. The number of aliphatic hydroxyl groups excluding tert-OH is 1. The maximum Gasteiger partial charge on any atom is 0.0606 e. The molecule has 3 nitrogen and oxygen atoms in total. The molecule has 0 aliphatic heterocycles. The molecular formula is C13H20N2O. The number of rotatable bonds is 6. The highest BCUT2D eigenvalue weighted by molar-refractivity contribution is 5.55. The van der Waals surface area contributed by atoms with Crippen LogP contribution in [0.5, 0.6) is 0 Å². The summed E-state index contributed by atoms with van der Waals surface area (Å²) >= 11 is 0. The van der Waals surface area contributed by atoms with Crippen LogP contribution in [0.1, 0.15) is 18.5 Å². The van der Waals surface area contributed by atoms with E-state index in [4.69, 9.17) is 10.8 Å². The fraction of sp³-hybridized carbons (Fsp3) is 0.385. The third-order valence-electron chi connectivity index (χ3n) is 2.49. The minimum absolute atomic E-state index is 0.0118. The van der Waals surface area contributed by atoms with Crippen LogP contribution in [0.25, 0.3) is 0 Å². The number of aliphatic hydroxyl groups is 1. The first-order valence-electron chi connectivity index (χ1n) is 5.52. The molecule has 0 aromatic heterocycles. The molecule has 0 bridgehead atoms. The molecule has 1 aromatic rings. The Kier molecular flexibility index (Phi) is 5.02. The van der Waals surface area contributed by atoms with Gasteiger partial charge >= 0.3 is 0 Å². The van der Waals surface area contributed by atoms with Crippen LogP contribution in [-0.4, -0.2) is 24.8 Å². The van der Waals surface area contributed by atoms with Gasteiger partial charge < -0.3 is 15.7 Å². The highest BCUT2D eigenvalue weighted by atomic mass is 16.3. The molecule has 0 fully saturated rings. The average Bonchev–Trinajstić information content (AvgIpc) is 2.29. The summed E-state index contributed by atoms with van der Waals surface area (Å²) in [7, 11) is 0. The van der Waals surface area contributed by atoms with Gasteiger partial charge in [-0.25, -0.2) is 0 Å². The number of nitrogens with two attached hydrogens (primary N) is 1. The number of para-hydroxylation sites is 1. The molecule has 1 atom stereocenters. The third-order valence-corrected chi connectivity index (χ3v) is 2.49. The van der Waals surface area contributed by atoms with Crippen molar-refractivity contribution in [2.24, 2.45) is 5.73 Å². The lowest BCUT2D eigenvalue weighted by Crippen LogP contribution is -2.28. The van der Waals surface area contributed by atoms with E-state index in [-0.39, 0.29) is 12.6 Å². The Morgan fingerprint density at radius 1 is 1.50 bits per heavy atom. The summed E-state index contributed by atoms with van der Waals surface area (Å²) in [6, 6.07) is 8.00. The lowest BCUT2D eigenvalue weighted by atomic mass is 10.1. The Balaban J connectivity index is 3.01. The second-order valence-electron chi connectivity index (χ2n) is 3.81. The minimum Gasteiger partial charge on any atom is -0.395 e. The Morgan fingerprint density at radius 2 is 2.19 bits per heavy atom. The van der Waals surface area contributed by atoms with Crippen molar-refractivity contribution >= 4 is 5.69 Å². The summed E-state index contributed by atoms with van der Waals surface area (Å²) in [5, 5.41) is 9.05. The molecule has 0 amide bonds. The molecule has 0 spiro atoms. The Bertz CT molecular complexity index is 336. The third kappa shape index (κ3) is 3.08. The van der Waals surface area contributed by atoms with Crippen molar-refractivity contribution in [1.29, 1.82) is 0 Å². The number of hydrogen-bond donors (Lipinski definition) is 2. The summed E-state index contributed by atoms with van der Waals surface area (Å²) in [5.41, 5.74) is 8.10. The Hall–Kier alpha value is -1.32. The van der Waals surface area contributed by atoms with Crippen molar-refractivity contribution in [1.82, 2.24) is 0 Å². The first-order chi connectivity index (χ1) is 7.70. The van der Waals surface area contributed by atoms with E-state index in [0.29, 0.717) is 13.1 Å². The van der Waals surface area contributed by atoms with E-state index >= 15 is 0 Å². The van der Waals surface area contributed by atoms with Crippen molar-refractivity contribution in [3.05, 3.63) is 42.5 Å². The molecule has 0 radical (unpaired) electrons. The first-order valence-corrected chi connectivity index (χ1v) is 5.52. The molecule has 0 unspecified atom stereocenters. The molecular weight excluding hydrogens is 200 g/mol. The van der Waals surface area contributed by atoms with Crippen LogP contribution in [0.15, 0.2) is 36.9 Å². The monoisotopic (exact) mass is 220 g/mol. The summed E-state index contributed by atoms with van der Waals surface area (Å²) in [4.78, 5) is 2.08. The van der Waals surface area contributed by atoms with Gasteiger partial charge in [0.05, 0.1) is 6.61 Å². The molecule has 88 valence electrons. The van der Waals surface area contributed by atoms with E-state index in [2.05, 4.69) is 11.5 Å². The maximum atomic E-state index is 9.05. The fourth-order valence-corrected chi connectivity index (χ4v) is 1.75. The van der Waals surface area contributed by atoms with E-state index in [1.165, 1.54) is 0 Å². The average molecular weight is 220 g/mol. The van der Waals surface area contributed by atoms with Gasteiger partial charge in [-0.2, -0.15) is 0 Å². The smallest absolute Gasteiger partial charge is 0.0606 e. The van der Waals surface area contributed by atoms with Gasteiger partial charge in [0.15, 0.2) is 0 Å². The van der Waals surface area contributed by atoms with Crippen molar-refractivity contribution < 1.29 is 5.11 Å². The molecule has 3 N–H and O–H groups in total. The molecule has 0 aliphatic rings. The van der Waals surface area contributed by atoms with Crippen molar-refractivity contribution in [3.8, 4) is 0 Å². The second-order valence-corrected chi connectivity index (χ2v) is 3.81. The van der Waals surface area contributed by atoms with Gasteiger partial charge in [-0.3, -0.25) is 0 Å². The second kappa shape index (κ2) is 6.30. The van der Waals surface area contributed by atoms with Gasteiger partial charge in [-0.15, -0.1) is 6.58 Å². The van der Waals surface area contributed by atoms with Crippen LogP contribution in [0.2, 0.25) is 0 Å². The molecule has 0 saturated heterocycles. The highest BCUT2D eigenvalue weighted by Gasteiger charge is 2.11. The van der Waals surface area contributed by atoms with Gasteiger partial charge in [0.1, 0.15) is 0 Å². The van der Waals surface area contributed by atoms with Gasteiger partial charge in [-0.1, -0.05) is 24.3 Å². The molecule has 16 heavy (non-hydrogen) atoms. The summed E-state index contributed by atoms with van der Waals surface area (Å²) in [6.07, 6.45) is 1.83. The number of nitrogens with zero attached hydrogens (tertiary/aromatic N) is 1. The SMILES string of the molecule is C=CCN(CCO)c1ccccc1[C@@H](C)N. The van der Waals surface area contributed by atoms with E-state index in [1.54, 1.807) is 0 Å². The Morgan fingerprint density at radius 3 is 2.75 bits per heavy atom. The first kappa shape index (κ1) is 12.7. The summed E-state index contributed by atoms with van der Waals surface area (Å²) in [5.74, 6) is 0. The van der Waals surface area contributed by atoms with Crippen LogP contribution in [-0.2, 0) is 0 Å². The zero-order valence-electron chi connectivity index (χ0n) is 9.76. The molecule has 0 saturated carbocycles. The summed E-state index contributed by atoms with van der Waals surface area (Å²) in [6.45, 7) is 7.12. The van der Waals surface area contributed by atoms with Crippen molar-refractivity contribution in [2.75, 3.05) is 24.6 Å². The fourth-order valence-electron chi connectivity index (χ4n) is 1.75. The zero-order chi connectivity index (χ0) is 12.0. The molecule has 1 rings (SSSR count). The van der Waals surface area contributed by atoms with Gasteiger partial charge in [0.25, 0.3) is 0 Å². The van der Waals surface area contributed by atoms with Crippen molar-refractivity contribution in [3.63, 3.8) is 0 Å². The van der Waals surface area contributed by atoms with Crippen LogP contribution in [0.4, 0.5) is 5.69 Å². The van der Waals surface area contributed by atoms with Crippen molar-refractivity contribution in [2.45, 2.75) is 13.0 Å². The minimum atomic E-state index is -0.0118. The predicted octanol–water partition coefficient (Wildman–Crippen LogP) is 1.69. The number of anilines is 1. The highest BCUT2D eigenvalue weighted by Crippen LogP contribution is 2.24. The quantitative estimate of drug-likeness (QED) is 0.717. The largest absolute Gasteiger partial charge is 0.395 e. The summed E-state index contributed by atoms with van der Waals surface area (Å²) < 4.78 is 0. The molecule has 0 aliphatic carbocycles. The lowest BCUT2D eigenvalue weighted by molar-refractivity contribution is 0.303. The van der Waals surface area contributed by atoms with E-state index in [0.717, 1.165) is 11.3 Å². The topological polar surface area (TPSA) is 49.5 Å². The van der Waals surface area contributed by atoms with Crippen LogP contribution in [0, 0.1) is 0 Å². The van der Waals surface area contributed by atoms with Gasteiger partial charge in [0, 0.05) is 24.8 Å².